The second-order valence-corrected chi connectivity index (χ2v) is 10.6. The first-order chi connectivity index (χ1) is 13.5. The number of sulfonamides is 1. The van der Waals surface area contributed by atoms with Crippen LogP contribution in [-0.4, -0.2) is 67.5 Å². The van der Waals surface area contributed by atoms with Crippen LogP contribution in [0.3, 0.4) is 0 Å². The van der Waals surface area contributed by atoms with Crippen molar-refractivity contribution < 1.29 is 13.2 Å². The third-order valence-corrected chi connectivity index (χ3v) is 8.81. The van der Waals surface area contributed by atoms with Crippen LogP contribution in [0.15, 0.2) is 30.3 Å². The molecule has 28 heavy (non-hydrogen) atoms. The molecule has 3 aliphatic heterocycles. The molecule has 2 unspecified atom stereocenters. The molecule has 0 bridgehead atoms. The number of nitrogens with one attached hydrogen (secondary N) is 1. The van der Waals surface area contributed by atoms with Crippen molar-refractivity contribution in [1.82, 2.24) is 14.5 Å². The van der Waals surface area contributed by atoms with Crippen LogP contribution < -0.4 is 5.32 Å². The van der Waals surface area contributed by atoms with Gasteiger partial charge in [-0.05, 0) is 50.0 Å². The Morgan fingerprint density at radius 1 is 1.04 bits per heavy atom. The predicted octanol–water partition coefficient (Wildman–Crippen LogP) is 1.62. The summed E-state index contributed by atoms with van der Waals surface area (Å²) in [5, 5.41) is 2.72. The van der Waals surface area contributed by atoms with Gasteiger partial charge < -0.3 is 10.2 Å². The van der Waals surface area contributed by atoms with Gasteiger partial charge in [0.15, 0.2) is 0 Å². The number of likely N-dealkylation sites (tertiary alicyclic amines) is 1. The quantitative estimate of drug-likeness (QED) is 0.808. The fraction of sp³-hybridized carbons (Fsp3) is 0.667. The van der Waals surface area contributed by atoms with E-state index in [1.165, 1.54) is 5.56 Å². The molecule has 154 valence electrons. The standard InChI is InChI=1S/C21H31N3O3S/c25-21(20-15-19(16-22-20)28(26,27)24-10-4-5-11-24)23-12-8-18(9-13-23)14-17-6-2-1-3-7-17/h1-3,6-7,18-20,22H,4-5,8-16H2. The Bertz CT molecular complexity index is 769. The number of carbonyl (C=O) groups is 1. The molecular formula is C21H31N3O3S. The molecule has 0 spiro atoms. The fourth-order valence-corrected chi connectivity index (χ4v) is 6.73. The van der Waals surface area contributed by atoms with E-state index in [1.54, 1.807) is 4.31 Å². The summed E-state index contributed by atoms with van der Waals surface area (Å²) in [5.74, 6) is 0.698. The van der Waals surface area contributed by atoms with Gasteiger partial charge in [0.2, 0.25) is 15.9 Å². The largest absolute Gasteiger partial charge is 0.341 e. The van der Waals surface area contributed by atoms with Gasteiger partial charge in [0.25, 0.3) is 0 Å². The Hall–Kier alpha value is -1.44. The molecule has 7 heteroatoms. The molecule has 0 aliphatic carbocycles. The van der Waals surface area contributed by atoms with Crippen LogP contribution >= 0.6 is 0 Å². The van der Waals surface area contributed by atoms with Crippen molar-refractivity contribution in [2.45, 2.75) is 49.8 Å². The van der Waals surface area contributed by atoms with E-state index in [9.17, 15) is 13.2 Å². The van der Waals surface area contributed by atoms with E-state index >= 15 is 0 Å². The predicted molar refractivity (Wildman–Crippen MR) is 109 cm³/mol. The number of piperidine rings is 1. The number of benzene rings is 1. The summed E-state index contributed by atoms with van der Waals surface area (Å²) in [4.78, 5) is 14.8. The Morgan fingerprint density at radius 2 is 1.71 bits per heavy atom. The van der Waals surface area contributed by atoms with Crippen molar-refractivity contribution in [3.8, 4) is 0 Å². The lowest BCUT2D eigenvalue weighted by Gasteiger charge is -2.33. The molecule has 3 heterocycles. The van der Waals surface area contributed by atoms with Crippen LogP contribution in [0, 0.1) is 5.92 Å². The summed E-state index contributed by atoms with van der Waals surface area (Å²) < 4.78 is 27.1. The van der Waals surface area contributed by atoms with Crippen molar-refractivity contribution in [2.75, 3.05) is 32.7 Å². The molecule has 6 nitrogen and oxygen atoms in total. The van der Waals surface area contributed by atoms with Crippen LogP contribution in [0.25, 0.3) is 0 Å². The van der Waals surface area contributed by atoms with E-state index in [0.29, 0.717) is 32.0 Å². The topological polar surface area (TPSA) is 69.7 Å². The Labute approximate surface area is 168 Å². The highest BCUT2D eigenvalue weighted by Gasteiger charge is 2.42. The summed E-state index contributed by atoms with van der Waals surface area (Å²) >= 11 is 0. The van der Waals surface area contributed by atoms with Gasteiger partial charge in [0.1, 0.15) is 0 Å². The summed E-state index contributed by atoms with van der Waals surface area (Å²) in [7, 11) is -3.28. The van der Waals surface area contributed by atoms with Crippen LogP contribution in [-0.2, 0) is 21.2 Å². The molecule has 0 aromatic heterocycles. The normalized spacial score (nSPS) is 27.4. The molecule has 0 saturated carbocycles. The van der Waals surface area contributed by atoms with Crippen molar-refractivity contribution in [1.29, 1.82) is 0 Å². The average Bonchev–Trinajstić information content (AvgIpc) is 3.42. The summed E-state index contributed by atoms with van der Waals surface area (Å²) in [5.41, 5.74) is 1.36. The van der Waals surface area contributed by atoms with Crippen molar-refractivity contribution in [2.24, 2.45) is 5.92 Å². The monoisotopic (exact) mass is 405 g/mol. The van der Waals surface area contributed by atoms with Gasteiger partial charge in [-0.25, -0.2) is 12.7 Å². The average molecular weight is 406 g/mol. The van der Waals surface area contributed by atoms with Crippen LogP contribution in [0.5, 0.6) is 0 Å². The van der Waals surface area contributed by atoms with E-state index < -0.39 is 15.3 Å². The third-order valence-electron chi connectivity index (χ3n) is 6.53. The maximum atomic E-state index is 12.9. The number of nitrogens with zero attached hydrogens (tertiary/aromatic N) is 2. The van der Waals surface area contributed by atoms with E-state index in [4.69, 9.17) is 0 Å². The smallest absolute Gasteiger partial charge is 0.239 e. The van der Waals surface area contributed by atoms with E-state index in [1.807, 2.05) is 11.0 Å². The van der Waals surface area contributed by atoms with Crippen molar-refractivity contribution in [3.63, 3.8) is 0 Å². The molecule has 1 aromatic carbocycles. The molecule has 3 aliphatic rings. The maximum absolute atomic E-state index is 12.9. The van der Waals surface area contributed by atoms with E-state index in [0.717, 1.165) is 45.2 Å². The zero-order valence-electron chi connectivity index (χ0n) is 16.4. The molecule has 3 fully saturated rings. The van der Waals surface area contributed by atoms with Gasteiger partial charge in [-0.3, -0.25) is 4.79 Å². The lowest BCUT2D eigenvalue weighted by Crippen LogP contribution is -2.47. The Morgan fingerprint density at radius 3 is 2.39 bits per heavy atom. The second-order valence-electron chi connectivity index (χ2n) is 8.43. The molecule has 2 atom stereocenters. The van der Waals surface area contributed by atoms with Crippen LogP contribution in [0.4, 0.5) is 0 Å². The molecular weight excluding hydrogens is 374 g/mol. The molecule has 0 radical (unpaired) electrons. The minimum atomic E-state index is -3.28. The third kappa shape index (κ3) is 4.26. The molecule has 4 rings (SSSR count). The highest BCUT2D eigenvalue weighted by Crippen LogP contribution is 2.26. The first kappa shape index (κ1) is 19.9. The van der Waals surface area contributed by atoms with Crippen LogP contribution in [0.2, 0.25) is 0 Å². The van der Waals surface area contributed by atoms with Gasteiger partial charge in [-0.2, -0.15) is 0 Å². The number of hydrogen-bond donors (Lipinski definition) is 1. The fourth-order valence-electron chi connectivity index (χ4n) is 4.80. The second kappa shape index (κ2) is 8.51. The first-order valence-electron chi connectivity index (χ1n) is 10.6. The summed E-state index contributed by atoms with van der Waals surface area (Å²) in [6, 6.07) is 10.2. The zero-order valence-corrected chi connectivity index (χ0v) is 17.2. The van der Waals surface area contributed by atoms with Crippen LogP contribution in [0.1, 0.15) is 37.7 Å². The molecule has 1 N–H and O–H groups in total. The Kier molecular flexibility index (Phi) is 6.04. The lowest BCUT2D eigenvalue weighted by atomic mass is 9.90. The van der Waals surface area contributed by atoms with Crippen molar-refractivity contribution in [3.05, 3.63) is 35.9 Å². The first-order valence-corrected chi connectivity index (χ1v) is 12.1. The number of hydrogen-bond acceptors (Lipinski definition) is 4. The number of rotatable bonds is 5. The van der Waals surface area contributed by atoms with Crippen molar-refractivity contribution >= 4 is 15.9 Å². The molecule has 1 aromatic rings. The van der Waals surface area contributed by atoms with Gasteiger partial charge in [-0.1, -0.05) is 30.3 Å². The molecule has 3 saturated heterocycles. The van der Waals surface area contributed by atoms with Gasteiger partial charge >= 0.3 is 0 Å². The van der Waals surface area contributed by atoms with E-state index in [-0.39, 0.29) is 11.9 Å². The summed E-state index contributed by atoms with van der Waals surface area (Å²) in [6.45, 7) is 3.20. The SMILES string of the molecule is O=C(C1CC(S(=O)(=O)N2CCCC2)CN1)N1CCC(Cc2ccccc2)CC1. The number of amides is 1. The summed E-state index contributed by atoms with van der Waals surface area (Å²) in [6.07, 6.45) is 5.40. The van der Waals surface area contributed by atoms with Gasteiger partial charge in [0, 0.05) is 32.7 Å². The highest BCUT2D eigenvalue weighted by atomic mass is 32.2. The van der Waals surface area contributed by atoms with Gasteiger partial charge in [0.05, 0.1) is 11.3 Å². The molecule has 1 amide bonds. The highest BCUT2D eigenvalue weighted by molar-refractivity contribution is 7.89. The Balaban J connectivity index is 1.28. The number of carbonyl (C=O) groups excluding carboxylic acids is 1. The zero-order chi connectivity index (χ0) is 19.6. The maximum Gasteiger partial charge on any atom is 0.239 e. The minimum Gasteiger partial charge on any atom is -0.341 e. The van der Waals surface area contributed by atoms with E-state index in [2.05, 4.69) is 29.6 Å². The minimum absolute atomic E-state index is 0.0808. The lowest BCUT2D eigenvalue weighted by molar-refractivity contribution is -0.134. The van der Waals surface area contributed by atoms with Gasteiger partial charge in [-0.15, -0.1) is 0 Å².